The van der Waals surface area contributed by atoms with Gasteiger partial charge in [-0.2, -0.15) is 0 Å². The van der Waals surface area contributed by atoms with E-state index in [2.05, 4.69) is 0 Å². The number of carbonyl (C=O) groups excluding carboxylic acids is 1. The predicted octanol–water partition coefficient (Wildman–Crippen LogP) is 2.56. The monoisotopic (exact) mass is 298 g/mol. The van der Waals surface area contributed by atoms with Gasteiger partial charge in [0.15, 0.2) is 11.6 Å². The third-order valence-corrected chi connectivity index (χ3v) is 2.92. The van der Waals surface area contributed by atoms with Gasteiger partial charge in [0.2, 0.25) is 0 Å². The Hall–Kier alpha value is -2.05. The Morgan fingerprint density at radius 1 is 1.55 bits per heavy atom. The smallest absolute Gasteiger partial charge is 0.268 e. The van der Waals surface area contributed by atoms with Gasteiger partial charge in [-0.25, -0.2) is 10.2 Å². The Morgan fingerprint density at radius 2 is 2.30 bits per heavy atom. The molecule has 1 heterocycles. The lowest BCUT2D eigenvalue weighted by Crippen LogP contribution is -2.30. The number of carbonyl (C=O) groups is 1. The molecule has 0 saturated carbocycles. The summed E-state index contributed by atoms with van der Waals surface area (Å²) in [5, 5.41) is -0.0266. The highest BCUT2D eigenvalue weighted by Gasteiger charge is 2.15. The summed E-state index contributed by atoms with van der Waals surface area (Å²) in [6.07, 6.45) is 0. The summed E-state index contributed by atoms with van der Waals surface area (Å²) in [7, 11) is 0. The zero-order chi connectivity index (χ0) is 14.7. The molecule has 0 bridgehead atoms. The first-order valence-corrected chi connectivity index (χ1v) is 6.07. The molecule has 1 aromatic heterocycles. The van der Waals surface area contributed by atoms with Crippen LogP contribution in [0, 0.1) is 12.7 Å². The molecule has 7 heteroatoms. The number of ether oxygens (including phenoxy) is 1. The summed E-state index contributed by atoms with van der Waals surface area (Å²) >= 11 is 5.64. The lowest BCUT2D eigenvalue weighted by Gasteiger charge is -2.05. The van der Waals surface area contributed by atoms with Gasteiger partial charge in [-0.3, -0.25) is 10.2 Å². The van der Waals surface area contributed by atoms with Gasteiger partial charge in [-0.1, -0.05) is 17.7 Å². The number of rotatable bonds is 4. The lowest BCUT2D eigenvalue weighted by atomic mass is 10.2. The summed E-state index contributed by atoms with van der Waals surface area (Å²) in [6.45, 7) is 1.59. The summed E-state index contributed by atoms with van der Waals surface area (Å²) < 4.78 is 24.2. The number of furan rings is 1. The van der Waals surface area contributed by atoms with Crippen LogP contribution in [-0.2, 0) is 6.61 Å². The number of nitrogens with one attached hydrogen (secondary N) is 1. The Balaban J connectivity index is 2.12. The molecule has 2 aromatic rings. The molecule has 0 fully saturated rings. The Bertz CT molecular complexity index is 643. The van der Waals surface area contributed by atoms with Gasteiger partial charge in [-0.15, -0.1) is 0 Å². The third kappa shape index (κ3) is 2.92. The van der Waals surface area contributed by atoms with Crippen LogP contribution in [0.25, 0.3) is 0 Å². The topological polar surface area (TPSA) is 77.5 Å². The van der Waals surface area contributed by atoms with Crippen LogP contribution in [0.2, 0.25) is 5.02 Å². The van der Waals surface area contributed by atoms with E-state index in [0.29, 0.717) is 17.1 Å². The lowest BCUT2D eigenvalue weighted by molar-refractivity contribution is 0.0952. The number of nitrogen functional groups attached to an aromatic ring is 1. The standard InChI is InChI=1S/C13H12ClFN2O3/c1-7-9(13(18)17-16)5-8(20-7)6-19-11-4-2-3-10(14)12(11)15/h2-5H,6,16H2,1H3,(H,17,18). The van der Waals surface area contributed by atoms with Crippen molar-refractivity contribution in [1.82, 2.24) is 5.43 Å². The van der Waals surface area contributed by atoms with Crippen molar-refractivity contribution in [3.8, 4) is 5.75 Å². The molecule has 3 N–H and O–H groups in total. The fourth-order valence-corrected chi connectivity index (χ4v) is 1.83. The minimum atomic E-state index is -0.641. The highest BCUT2D eigenvalue weighted by atomic mass is 35.5. The molecule has 1 aromatic carbocycles. The van der Waals surface area contributed by atoms with Gasteiger partial charge < -0.3 is 9.15 Å². The number of nitrogens with two attached hydrogens (primary N) is 1. The van der Waals surface area contributed by atoms with Gasteiger partial charge in [-0.05, 0) is 25.1 Å². The van der Waals surface area contributed by atoms with Crippen molar-refractivity contribution in [3.05, 3.63) is 52.2 Å². The van der Waals surface area contributed by atoms with Crippen LogP contribution in [0.15, 0.2) is 28.7 Å². The first-order chi connectivity index (χ1) is 9.52. The molecule has 2 rings (SSSR count). The molecule has 0 saturated heterocycles. The molecular formula is C13H12ClFN2O3. The minimum absolute atomic E-state index is 0.0105. The van der Waals surface area contributed by atoms with E-state index in [9.17, 15) is 9.18 Å². The maximum Gasteiger partial charge on any atom is 0.268 e. The van der Waals surface area contributed by atoms with Crippen LogP contribution in [0.1, 0.15) is 21.9 Å². The highest BCUT2D eigenvalue weighted by molar-refractivity contribution is 6.30. The van der Waals surface area contributed by atoms with Gasteiger partial charge in [0.25, 0.3) is 5.91 Å². The predicted molar refractivity (Wildman–Crippen MR) is 70.8 cm³/mol. The van der Waals surface area contributed by atoms with E-state index in [-0.39, 0.29) is 17.4 Å². The number of hydrogen-bond donors (Lipinski definition) is 2. The van der Waals surface area contributed by atoms with Crippen molar-refractivity contribution in [2.75, 3.05) is 0 Å². The summed E-state index contributed by atoms with van der Waals surface area (Å²) in [6, 6.07) is 5.93. The average Bonchev–Trinajstić information content (AvgIpc) is 2.81. The van der Waals surface area contributed by atoms with E-state index in [4.69, 9.17) is 26.6 Å². The van der Waals surface area contributed by atoms with Crippen LogP contribution >= 0.6 is 11.6 Å². The molecule has 0 aliphatic carbocycles. The maximum absolute atomic E-state index is 13.6. The van der Waals surface area contributed by atoms with Crippen LogP contribution in [-0.4, -0.2) is 5.91 Å². The molecule has 0 aliphatic heterocycles. The zero-order valence-electron chi connectivity index (χ0n) is 10.6. The molecule has 0 atom stereocenters. The number of amides is 1. The SMILES string of the molecule is Cc1oc(COc2cccc(Cl)c2F)cc1C(=O)NN. The first-order valence-electron chi connectivity index (χ1n) is 5.70. The van der Waals surface area contributed by atoms with E-state index in [1.54, 1.807) is 13.0 Å². The van der Waals surface area contributed by atoms with E-state index >= 15 is 0 Å². The van der Waals surface area contributed by atoms with E-state index < -0.39 is 11.7 Å². The minimum Gasteiger partial charge on any atom is -0.483 e. The fraction of sp³-hybridized carbons (Fsp3) is 0.154. The molecule has 5 nitrogen and oxygen atoms in total. The molecule has 0 aliphatic rings. The number of benzene rings is 1. The van der Waals surface area contributed by atoms with Gasteiger partial charge >= 0.3 is 0 Å². The van der Waals surface area contributed by atoms with E-state index in [0.717, 1.165) is 0 Å². The van der Waals surface area contributed by atoms with Crippen LogP contribution in [0.3, 0.4) is 0 Å². The summed E-state index contributed by atoms with van der Waals surface area (Å²) in [5.41, 5.74) is 2.31. The number of aryl methyl sites for hydroxylation is 1. The van der Waals surface area contributed by atoms with Crippen molar-refractivity contribution in [2.45, 2.75) is 13.5 Å². The van der Waals surface area contributed by atoms with Gasteiger partial charge in [0.05, 0.1) is 10.6 Å². The molecule has 0 spiro atoms. The summed E-state index contributed by atoms with van der Waals surface area (Å²) in [5.74, 6) is 4.73. The largest absolute Gasteiger partial charge is 0.483 e. The van der Waals surface area contributed by atoms with E-state index in [1.807, 2.05) is 5.43 Å². The number of halogens is 2. The average molecular weight is 299 g/mol. The quantitative estimate of drug-likeness (QED) is 0.516. The molecular weight excluding hydrogens is 287 g/mol. The normalized spacial score (nSPS) is 10.4. The fourth-order valence-electron chi connectivity index (χ4n) is 1.66. The maximum atomic E-state index is 13.6. The van der Waals surface area contributed by atoms with Crippen molar-refractivity contribution in [3.63, 3.8) is 0 Å². The van der Waals surface area contributed by atoms with Crippen molar-refractivity contribution in [2.24, 2.45) is 5.84 Å². The van der Waals surface area contributed by atoms with Crippen LogP contribution in [0.5, 0.6) is 5.75 Å². The number of hydrogen-bond acceptors (Lipinski definition) is 4. The molecule has 20 heavy (non-hydrogen) atoms. The Morgan fingerprint density at radius 3 is 3.00 bits per heavy atom. The van der Waals surface area contributed by atoms with Crippen molar-refractivity contribution in [1.29, 1.82) is 0 Å². The van der Waals surface area contributed by atoms with Crippen molar-refractivity contribution >= 4 is 17.5 Å². The molecule has 0 radical (unpaired) electrons. The second-order valence-electron chi connectivity index (χ2n) is 4.00. The second-order valence-corrected chi connectivity index (χ2v) is 4.40. The van der Waals surface area contributed by atoms with E-state index in [1.165, 1.54) is 18.2 Å². The van der Waals surface area contributed by atoms with Crippen LogP contribution in [0.4, 0.5) is 4.39 Å². The highest BCUT2D eigenvalue weighted by Crippen LogP contribution is 2.25. The molecule has 106 valence electrons. The van der Waals surface area contributed by atoms with Crippen LogP contribution < -0.4 is 16.0 Å². The Labute approximate surface area is 119 Å². The second kappa shape index (κ2) is 5.94. The molecule has 1 amide bonds. The first kappa shape index (κ1) is 14.4. The number of hydrazine groups is 1. The third-order valence-electron chi connectivity index (χ3n) is 2.63. The van der Waals surface area contributed by atoms with Crippen molar-refractivity contribution < 1.29 is 18.3 Å². The Kier molecular flexibility index (Phi) is 4.26. The molecule has 0 unspecified atom stereocenters. The zero-order valence-corrected chi connectivity index (χ0v) is 11.3. The van der Waals surface area contributed by atoms with Gasteiger partial charge in [0.1, 0.15) is 18.1 Å². The summed E-state index contributed by atoms with van der Waals surface area (Å²) in [4.78, 5) is 11.4. The van der Waals surface area contributed by atoms with Gasteiger partial charge in [0, 0.05) is 0 Å².